The number of likely N-dealkylation sites (tertiary alicyclic amines) is 1. The maximum absolute atomic E-state index is 4.88. The molecule has 174 valence electrons. The molecule has 7 rings (SSSR count). The van der Waals surface area contributed by atoms with Gasteiger partial charge in [-0.05, 0) is 62.5 Å². The standard InChI is InChI=1S/C27H26N8/c1-2-9-28-21(4-1)22-8-7-18-5-6-19(14-23(18)32-22)25-24-26(29-16-30-27(24)34-33-25)31-20-12-17(13-20)15-35-10-3-11-35/h1-2,4-9,14,16-17,20H,3,10-13,15H2,(H2,29,30,31,33,34). The smallest absolute Gasteiger partial charge is 0.161 e. The summed E-state index contributed by atoms with van der Waals surface area (Å²) in [6.45, 7) is 3.77. The number of nitrogens with one attached hydrogen (secondary N) is 2. The van der Waals surface area contributed by atoms with E-state index in [2.05, 4.69) is 59.6 Å². The summed E-state index contributed by atoms with van der Waals surface area (Å²) < 4.78 is 0. The van der Waals surface area contributed by atoms with E-state index in [0.29, 0.717) is 6.04 Å². The molecule has 5 heterocycles. The van der Waals surface area contributed by atoms with Crippen molar-refractivity contribution in [1.29, 1.82) is 0 Å². The van der Waals surface area contributed by atoms with Crippen molar-refractivity contribution in [3.8, 4) is 22.6 Å². The Morgan fingerprint density at radius 1 is 0.971 bits per heavy atom. The summed E-state index contributed by atoms with van der Waals surface area (Å²) in [5.41, 5.74) is 5.18. The number of H-pyrrole nitrogens is 1. The van der Waals surface area contributed by atoms with Crippen LogP contribution in [0.3, 0.4) is 0 Å². The van der Waals surface area contributed by atoms with Gasteiger partial charge in [-0.15, -0.1) is 0 Å². The molecule has 0 amide bonds. The monoisotopic (exact) mass is 462 g/mol. The van der Waals surface area contributed by atoms with Crippen LogP contribution in [0.2, 0.25) is 0 Å². The van der Waals surface area contributed by atoms with Gasteiger partial charge in [0.15, 0.2) is 5.65 Å². The van der Waals surface area contributed by atoms with Crippen molar-refractivity contribution in [1.82, 2.24) is 35.0 Å². The first kappa shape index (κ1) is 20.5. The molecule has 2 aliphatic rings. The number of pyridine rings is 2. The molecule has 0 unspecified atom stereocenters. The van der Waals surface area contributed by atoms with E-state index in [1.807, 2.05) is 24.3 Å². The number of hydrogen-bond acceptors (Lipinski definition) is 7. The lowest BCUT2D eigenvalue weighted by atomic mass is 9.79. The molecule has 0 atom stereocenters. The van der Waals surface area contributed by atoms with Crippen molar-refractivity contribution < 1.29 is 0 Å². The molecule has 8 heteroatoms. The van der Waals surface area contributed by atoms with Gasteiger partial charge in [-0.1, -0.05) is 24.3 Å². The number of benzene rings is 1. The van der Waals surface area contributed by atoms with Crippen LogP contribution in [0.5, 0.6) is 0 Å². The zero-order valence-electron chi connectivity index (χ0n) is 19.4. The highest BCUT2D eigenvalue weighted by Gasteiger charge is 2.32. The average Bonchev–Trinajstić information content (AvgIpc) is 3.29. The molecular weight excluding hydrogens is 436 g/mol. The van der Waals surface area contributed by atoms with Crippen LogP contribution in [0.25, 0.3) is 44.6 Å². The van der Waals surface area contributed by atoms with E-state index < -0.39 is 0 Å². The summed E-state index contributed by atoms with van der Waals surface area (Å²) in [6.07, 6.45) is 7.11. The summed E-state index contributed by atoms with van der Waals surface area (Å²) in [6, 6.07) is 16.7. The van der Waals surface area contributed by atoms with Gasteiger partial charge in [-0.25, -0.2) is 15.0 Å². The topological polar surface area (TPSA) is 95.5 Å². The zero-order valence-corrected chi connectivity index (χ0v) is 19.4. The Morgan fingerprint density at radius 2 is 1.89 bits per heavy atom. The molecule has 1 aromatic carbocycles. The largest absolute Gasteiger partial charge is 0.367 e. The fourth-order valence-corrected chi connectivity index (χ4v) is 5.22. The van der Waals surface area contributed by atoms with E-state index in [1.165, 1.54) is 38.9 Å². The van der Waals surface area contributed by atoms with Crippen LogP contribution in [0.1, 0.15) is 19.3 Å². The number of fused-ring (bicyclic) bond motifs is 2. The molecule has 1 saturated heterocycles. The predicted octanol–water partition coefficient (Wildman–Crippen LogP) is 4.53. The van der Waals surface area contributed by atoms with Crippen molar-refractivity contribution in [3.05, 3.63) is 61.1 Å². The van der Waals surface area contributed by atoms with E-state index in [9.17, 15) is 0 Å². The first-order valence-corrected chi connectivity index (χ1v) is 12.3. The molecule has 1 aliphatic carbocycles. The average molecular weight is 463 g/mol. The van der Waals surface area contributed by atoms with Gasteiger partial charge in [-0.2, -0.15) is 5.10 Å². The van der Waals surface area contributed by atoms with Crippen LogP contribution in [0.15, 0.2) is 61.1 Å². The lowest BCUT2D eigenvalue weighted by Crippen LogP contribution is -2.46. The van der Waals surface area contributed by atoms with Crippen LogP contribution in [-0.4, -0.2) is 60.7 Å². The fourth-order valence-electron chi connectivity index (χ4n) is 5.22. The van der Waals surface area contributed by atoms with Gasteiger partial charge in [0.2, 0.25) is 0 Å². The van der Waals surface area contributed by atoms with Crippen LogP contribution in [0, 0.1) is 5.92 Å². The highest BCUT2D eigenvalue weighted by Crippen LogP contribution is 2.36. The van der Waals surface area contributed by atoms with E-state index in [-0.39, 0.29) is 0 Å². The van der Waals surface area contributed by atoms with Gasteiger partial charge >= 0.3 is 0 Å². The summed E-state index contributed by atoms with van der Waals surface area (Å²) in [7, 11) is 0. The third-order valence-corrected chi connectivity index (χ3v) is 7.29. The molecule has 8 nitrogen and oxygen atoms in total. The maximum atomic E-state index is 4.88. The number of aromatic nitrogens is 6. The Bertz CT molecular complexity index is 1500. The Kier molecular flexibility index (Phi) is 4.91. The number of hydrogen-bond donors (Lipinski definition) is 2. The normalized spacial score (nSPS) is 20.0. The van der Waals surface area contributed by atoms with Gasteiger partial charge in [0.1, 0.15) is 17.8 Å². The Balaban J connectivity index is 1.19. The van der Waals surface area contributed by atoms with Crippen molar-refractivity contribution in [2.45, 2.75) is 25.3 Å². The van der Waals surface area contributed by atoms with Gasteiger partial charge in [-0.3, -0.25) is 10.1 Å². The molecule has 2 N–H and O–H groups in total. The van der Waals surface area contributed by atoms with Crippen molar-refractivity contribution in [2.24, 2.45) is 5.92 Å². The lowest BCUT2D eigenvalue weighted by molar-refractivity contribution is 0.114. The highest BCUT2D eigenvalue weighted by molar-refractivity contribution is 6.00. The quantitative estimate of drug-likeness (QED) is 0.383. The Morgan fingerprint density at radius 3 is 2.71 bits per heavy atom. The first-order valence-electron chi connectivity index (χ1n) is 12.3. The minimum Gasteiger partial charge on any atom is -0.367 e. The number of rotatable bonds is 6. The van der Waals surface area contributed by atoms with E-state index in [1.54, 1.807) is 12.5 Å². The molecule has 0 radical (unpaired) electrons. The van der Waals surface area contributed by atoms with Gasteiger partial charge in [0.05, 0.1) is 22.3 Å². The zero-order chi connectivity index (χ0) is 23.2. The van der Waals surface area contributed by atoms with Crippen molar-refractivity contribution in [2.75, 3.05) is 25.0 Å². The highest BCUT2D eigenvalue weighted by atomic mass is 15.2. The minimum absolute atomic E-state index is 0.446. The van der Waals surface area contributed by atoms with Crippen LogP contribution in [0.4, 0.5) is 5.82 Å². The molecule has 35 heavy (non-hydrogen) atoms. The predicted molar refractivity (Wildman–Crippen MR) is 137 cm³/mol. The number of anilines is 1. The first-order chi connectivity index (χ1) is 17.3. The molecule has 0 spiro atoms. The van der Waals surface area contributed by atoms with Crippen LogP contribution >= 0.6 is 0 Å². The van der Waals surface area contributed by atoms with E-state index in [4.69, 9.17) is 4.98 Å². The van der Waals surface area contributed by atoms with Crippen LogP contribution < -0.4 is 5.32 Å². The summed E-state index contributed by atoms with van der Waals surface area (Å²) in [5.74, 6) is 1.63. The lowest BCUT2D eigenvalue weighted by Gasteiger charge is -2.42. The summed E-state index contributed by atoms with van der Waals surface area (Å²) >= 11 is 0. The molecule has 1 saturated carbocycles. The Labute approximate surface area is 202 Å². The molecule has 2 fully saturated rings. The van der Waals surface area contributed by atoms with Crippen molar-refractivity contribution in [3.63, 3.8) is 0 Å². The summed E-state index contributed by atoms with van der Waals surface area (Å²) in [4.78, 5) is 20.9. The molecule has 4 aromatic heterocycles. The van der Waals surface area contributed by atoms with Gasteiger partial charge < -0.3 is 10.2 Å². The third-order valence-electron chi connectivity index (χ3n) is 7.29. The second-order valence-electron chi connectivity index (χ2n) is 9.67. The maximum Gasteiger partial charge on any atom is 0.161 e. The summed E-state index contributed by atoms with van der Waals surface area (Å²) in [5, 5.41) is 13.4. The molecule has 1 aliphatic heterocycles. The second-order valence-corrected chi connectivity index (χ2v) is 9.67. The van der Waals surface area contributed by atoms with Gasteiger partial charge in [0.25, 0.3) is 0 Å². The fraction of sp³-hybridized carbons (Fsp3) is 0.296. The van der Waals surface area contributed by atoms with E-state index >= 15 is 0 Å². The number of aromatic amines is 1. The van der Waals surface area contributed by atoms with Crippen LogP contribution in [-0.2, 0) is 0 Å². The second kappa shape index (κ2) is 8.39. The number of nitrogens with zero attached hydrogens (tertiary/aromatic N) is 6. The third kappa shape index (κ3) is 3.80. The molecule has 5 aromatic rings. The SMILES string of the molecule is c1ccc(-c2ccc3ccc(-c4n[nH]c5ncnc(NC6CC(CN7CCC7)C6)c45)cc3n2)nc1. The molecule has 0 bridgehead atoms. The van der Waals surface area contributed by atoms with Crippen molar-refractivity contribution >= 4 is 27.8 Å². The minimum atomic E-state index is 0.446. The molecular formula is C27H26N8. The Hall–Kier alpha value is -3.91. The van der Waals surface area contributed by atoms with Gasteiger partial charge in [0, 0.05) is 29.7 Å². The van der Waals surface area contributed by atoms with E-state index in [0.717, 1.165) is 56.3 Å².